The zero-order chi connectivity index (χ0) is 21.5. The van der Waals surface area contributed by atoms with Crippen molar-refractivity contribution < 1.29 is 13.9 Å². The molecule has 0 radical (unpaired) electrons. The number of fused-ring (bicyclic) bond motifs is 2. The standard InChI is InChI=1S/C25H22O5/c1-25(2,3)22-16-9-5-7-11-21(16)30-23(27)17(22)12-13-19(26)18-14-15-8-4-6-10-20(15)29-24(18)28/h4-14,19,26H,1-3H3/b13-12+. The van der Waals surface area contributed by atoms with Gasteiger partial charge in [-0.05, 0) is 35.3 Å². The maximum Gasteiger partial charge on any atom is 0.343 e. The second-order valence-corrected chi connectivity index (χ2v) is 8.26. The molecule has 0 amide bonds. The number of hydrogen-bond donors (Lipinski definition) is 1. The molecule has 2 aromatic carbocycles. The minimum Gasteiger partial charge on any atom is -0.422 e. The van der Waals surface area contributed by atoms with Crippen molar-refractivity contribution >= 4 is 28.0 Å². The van der Waals surface area contributed by atoms with Crippen LogP contribution in [0.15, 0.2) is 79.1 Å². The van der Waals surface area contributed by atoms with E-state index >= 15 is 0 Å². The lowest BCUT2D eigenvalue weighted by Crippen LogP contribution is -2.19. The first-order valence-corrected chi connectivity index (χ1v) is 9.71. The first kappa shape index (κ1) is 19.9. The van der Waals surface area contributed by atoms with Gasteiger partial charge < -0.3 is 13.9 Å². The predicted molar refractivity (Wildman–Crippen MR) is 118 cm³/mol. The van der Waals surface area contributed by atoms with Crippen molar-refractivity contribution in [3.8, 4) is 0 Å². The van der Waals surface area contributed by atoms with Gasteiger partial charge in [-0.3, -0.25) is 0 Å². The Hall–Kier alpha value is -3.44. The molecule has 0 spiro atoms. The van der Waals surface area contributed by atoms with Gasteiger partial charge in [0.1, 0.15) is 17.3 Å². The van der Waals surface area contributed by atoms with Crippen LogP contribution in [0.4, 0.5) is 0 Å². The Balaban J connectivity index is 1.83. The van der Waals surface area contributed by atoms with Crippen molar-refractivity contribution in [3.63, 3.8) is 0 Å². The Kier molecular flexibility index (Phi) is 4.92. The van der Waals surface area contributed by atoms with Crippen LogP contribution < -0.4 is 11.3 Å². The molecule has 1 N–H and O–H groups in total. The lowest BCUT2D eigenvalue weighted by atomic mass is 9.82. The number of hydrogen-bond acceptors (Lipinski definition) is 5. The lowest BCUT2D eigenvalue weighted by Gasteiger charge is -2.23. The van der Waals surface area contributed by atoms with E-state index in [-0.39, 0.29) is 11.0 Å². The summed E-state index contributed by atoms with van der Waals surface area (Å²) in [7, 11) is 0. The smallest absolute Gasteiger partial charge is 0.343 e. The zero-order valence-electron chi connectivity index (χ0n) is 17.0. The minimum absolute atomic E-state index is 0.104. The van der Waals surface area contributed by atoms with Crippen LogP contribution in [0.5, 0.6) is 0 Å². The molecule has 152 valence electrons. The highest BCUT2D eigenvalue weighted by atomic mass is 16.4. The molecule has 5 nitrogen and oxygen atoms in total. The second-order valence-electron chi connectivity index (χ2n) is 8.26. The Labute approximate surface area is 172 Å². The van der Waals surface area contributed by atoms with Gasteiger partial charge in [-0.1, -0.05) is 63.2 Å². The van der Waals surface area contributed by atoms with Crippen LogP contribution >= 0.6 is 0 Å². The van der Waals surface area contributed by atoms with E-state index in [1.165, 1.54) is 12.2 Å². The van der Waals surface area contributed by atoms with Crippen LogP contribution in [0, 0.1) is 0 Å². The minimum atomic E-state index is -1.23. The fraction of sp³-hybridized carbons (Fsp3) is 0.200. The van der Waals surface area contributed by atoms with E-state index in [0.717, 1.165) is 10.9 Å². The first-order valence-electron chi connectivity index (χ1n) is 9.71. The molecular weight excluding hydrogens is 380 g/mol. The predicted octanol–water partition coefficient (Wildman–Crippen LogP) is 4.94. The third-order valence-corrected chi connectivity index (χ3v) is 5.03. The molecule has 0 aliphatic carbocycles. The van der Waals surface area contributed by atoms with Gasteiger partial charge >= 0.3 is 11.3 Å². The molecule has 0 bridgehead atoms. The highest BCUT2D eigenvalue weighted by molar-refractivity contribution is 5.84. The van der Waals surface area contributed by atoms with Crippen LogP contribution in [-0.4, -0.2) is 5.11 Å². The average Bonchev–Trinajstić information content (AvgIpc) is 2.70. The largest absolute Gasteiger partial charge is 0.422 e. The number of benzene rings is 2. The third-order valence-electron chi connectivity index (χ3n) is 5.03. The third kappa shape index (κ3) is 3.60. The number of para-hydroxylation sites is 2. The van der Waals surface area contributed by atoms with Crippen LogP contribution in [0.25, 0.3) is 28.0 Å². The summed E-state index contributed by atoms with van der Waals surface area (Å²) in [5.41, 5.74) is 0.788. The molecule has 5 heteroatoms. The van der Waals surface area contributed by atoms with Gasteiger partial charge in [0.05, 0.1) is 11.1 Å². The molecule has 0 aliphatic heterocycles. The Morgan fingerprint density at radius 2 is 1.53 bits per heavy atom. The Morgan fingerprint density at radius 1 is 0.900 bits per heavy atom. The van der Waals surface area contributed by atoms with E-state index in [9.17, 15) is 14.7 Å². The molecule has 1 unspecified atom stereocenters. The fourth-order valence-corrected chi connectivity index (χ4v) is 3.70. The molecule has 2 aromatic heterocycles. The molecule has 4 aromatic rings. The highest BCUT2D eigenvalue weighted by Crippen LogP contribution is 2.32. The summed E-state index contributed by atoms with van der Waals surface area (Å²) >= 11 is 0. The summed E-state index contributed by atoms with van der Waals surface area (Å²) < 4.78 is 10.8. The summed E-state index contributed by atoms with van der Waals surface area (Å²) in [5.74, 6) is 0. The molecule has 0 fully saturated rings. The Morgan fingerprint density at radius 3 is 2.27 bits per heavy atom. The second kappa shape index (κ2) is 7.43. The van der Waals surface area contributed by atoms with E-state index in [4.69, 9.17) is 8.83 Å². The summed E-state index contributed by atoms with van der Waals surface area (Å²) in [6, 6.07) is 16.1. The van der Waals surface area contributed by atoms with E-state index in [0.29, 0.717) is 22.1 Å². The number of aliphatic hydroxyl groups is 1. The Bertz CT molecular complexity index is 1380. The fourth-order valence-electron chi connectivity index (χ4n) is 3.70. The monoisotopic (exact) mass is 402 g/mol. The molecule has 30 heavy (non-hydrogen) atoms. The van der Waals surface area contributed by atoms with Gasteiger partial charge in [0, 0.05) is 10.8 Å². The van der Waals surface area contributed by atoms with E-state index in [2.05, 4.69) is 0 Å². The van der Waals surface area contributed by atoms with Crippen LogP contribution in [-0.2, 0) is 5.41 Å². The maximum atomic E-state index is 12.7. The van der Waals surface area contributed by atoms with E-state index in [1.807, 2.05) is 45.0 Å². The van der Waals surface area contributed by atoms with Gasteiger partial charge in [-0.25, -0.2) is 9.59 Å². The van der Waals surface area contributed by atoms with Crippen molar-refractivity contribution in [1.29, 1.82) is 0 Å². The molecule has 1 atom stereocenters. The van der Waals surface area contributed by atoms with Crippen molar-refractivity contribution in [2.24, 2.45) is 0 Å². The lowest BCUT2D eigenvalue weighted by molar-refractivity contribution is 0.224. The van der Waals surface area contributed by atoms with Crippen molar-refractivity contribution in [1.82, 2.24) is 0 Å². The molecule has 0 aliphatic rings. The maximum absolute atomic E-state index is 12.7. The molecule has 4 rings (SSSR count). The quantitative estimate of drug-likeness (QED) is 0.491. The van der Waals surface area contributed by atoms with Crippen LogP contribution in [0.3, 0.4) is 0 Å². The van der Waals surface area contributed by atoms with Crippen molar-refractivity contribution in [2.75, 3.05) is 0 Å². The highest BCUT2D eigenvalue weighted by Gasteiger charge is 2.24. The van der Waals surface area contributed by atoms with Gasteiger partial charge in [-0.2, -0.15) is 0 Å². The molecule has 0 saturated carbocycles. The van der Waals surface area contributed by atoms with Crippen molar-refractivity contribution in [2.45, 2.75) is 32.3 Å². The molecule has 2 heterocycles. The first-order chi connectivity index (χ1) is 14.3. The number of rotatable bonds is 3. The number of aliphatic hydroxyl groups excluding tert-OH is 1. The van der Waals surface area contributed by atoms with Gasteiger partial charge in [-0.15, -0.1) is 0 Å². The summed E-state index contributed by atoms with van der Waals surface area (Å²) in [5, 5.41) is 12.2. The SMILES string of the molecule is CC(C)(C)c1c(/C=C/C(O)c2cc3ccccc3oc2=O)c(=O)oc2ccccc12. The summed E-state index contributed by atoms with van der Waals surface area (Å²) in [4.78, 5) is 25.0. The summed E-state index contributed by atoms with van der Waals surface area (Å²) in [6.45, 7) is 6.04. The summed E-state index contributed by atoms with van der Waals surface area (Å²) in [6.07, 6.45) is 1.71. The molecule has 0 saturated heterocycles. The average molecular weight is 402 g/mol. The van der Waals surface area contributed by atoms with Gasteiger partial charge in [0.15, 0.2) is 0 Å². The topological polar surface area (TPSA) is 80.7 Å². The van der Waals surface area contributed by atoms with Crippen LogP contribution in [0.1, 0.15) is 43.6 Å². The zero-order valence-corrected chi connectivity index (χ0v) is 17.0. The van der Waals surface area contributed by atoms with E-state index in [1.54, 1.807) is 30.3 Å². The van der Waals surface area contributed by atoms with Crippen LogP contribution in [0.2, 0.25) is 0 Å². The van der Waals surface area contributed by atoms with E-state index < -0.39 is 17.4 Å². The molecular formula is C25H22O5. The van der Waals surface area contributed by atoms with Gasteiger partial charge in [0.25, 0.3) is 0 Å². The van der Waals surface area contributed by atoms with Crippen molar-refractivity contribution in [3.05, 3.63) is 98.2 Å². The normalized spacial score (nSPS) is 13.3. The van der Waals surface area contributed by atoms with Gasteiger partial charge in [0.2, 0.25) is 0 Å².